The largest absolute Gasteiger partial charge is 0.359 e. The van der Waals surface area contributed by atoms with Crippen LogP contribution in [0.5, 0.6) is 0 Å². The fraction of sp³-hybridized carbons (Fsp3) is 0.467. The molecule has 1 unspecified atom stereocenters. The first-order valence-corrected chi connectivity index (χ1v) is 7.30. The van der Waals surface area contributed by atoms with E-state index in [1.54, 1.807) is 0 Å². The minimum atomic E-state index is 0.457. The summed E-state index contributed by atoms with van der Waals surface area (Å²) >= 11 is 0. The number of likely N-dealkylation sites (tertiary alicyclic amines) is 1. The first kappa shape index (κ1) is 14.0. The molecule has 2 heterocycles. The number of hydrogen-bond acceptors (Lipinski definition) is 6. The van der Waals surface area contributed by atoms with Crippen molar-refractivity contribution in [2.75, 3.05) is 44.1 Å². The van der Waals surface area contributed by atoms with Crippen molar-refractivity contribution in [3.8, 4) is 0 Å². The Balaban J connectivity index is 1.90. The van der Waals surface area contributed by atoms with Crippen LogP contribution in [0.2, 0.25) is 0 Å². The highest BCUT2D eigenvalue weighted by Gasteiger charge is 2.22. The molecule has 1 atom stereocenters. The zero-order chi connectivity index (χ0) is 14.8. The van der Waals surface area contributed by atoms with Crippen LogP contribution in [0.25, 0.3) is 10.9 Å². The van der Waals surface area contributed by atoms with E-state index >= 15 is 0 Å². The standard InChI is InChI=1S/C15H22N6/c1-20-8-7-11(9-20)10-21(2)14-12-5-3-4-6-13(12)17-15(18-14)19-16/h3-6,11H,7-10,16H2,1-2H3,(H,17,18,19). The number of benzene rings is 1. The highest BCUT2D eigenvalue weighted by Crippen LogP contribution is 2.26. The van der Waals surface area contributed by atoms with Gasteiger partial charge >= 0.3 is 0 Å². The Morgan fingerprint density at radius 1 is 1.38 bits per heavy atom. The van der Waals surface area contributed by atoms with Gasteiger partial charge in [0, 0.05) is 25.5 Å². The molecule has 0 spiro atoms. The summed E-state index contributed by atoms with van der Waals surface area (Å²) in [5.74, 6) is 7.57. The maximum Gasteiger partial charge on any atom is 0.239 e. The van der Waals surface area contributed by atoms with Gasteiger partial charge in [-0.2, -0.15) is 4.98 Å². The van der Waals surface area contributed by atoms with Gasteiger partial charge in [-0.05, 0) is 38.1 Å². The summed E-state index contributed by atoms with van der Waals surface area (Å²) in [6, 6.07) is 8.04. The Morgan fingerprint density at radius 3 is 2.90 bits per heavy atom. The van der Waals surface area contributed by atoms with Gasteiger partial charge in [0.1, 0.15) is 5.82 Å². The predicted molar refractivity (Wildman–Crippen MR) is 86.2 cm³/mol. The number of nitrogens with zero attached hydrogens (tertiary/aromatic N) is 4. The van der Waals surface area contributed by atoms with Gasteiger partial charge in [-0.1, -0.05) is 12.1 Å². The van der Waals surface area contributed by atoms with Crippen LogP contribution in [-0.4, -0.2) is 48.6 Å². The molecule has 1 saturated heterocycles. The lowest BCUT2D eigenvalue weighted by Gasteiger charge is -2.23. The Bertz CT molecular complexity index is 629. The number of aromatic nitrogens is 2. The molecule has 1 fully saturated rings. The molecule has 6 heteroatoms. The van der Waals surface area contributed by atoms with E-state index in [-0.39, 0.29) is 0 Å². The fourth-order valence-corrected chi connectivity index (χ4v) is 3.06. The highest BCUT2D eigenvalue weighted by atomic mass is 15.3. The maximum absolute atomic E-state index is 5.49. The summed E-state index contributed by atoms with van der Waals surface area (Å²) in [6.45, 7) is 3.32. The van der Waals surface area contributed by atoms with Crippen LogP contribution < -0.4 is 16.2 Å². The second-order valence-corrected chi connectivity index (χ2v) is 5.83. The highest BCUT2D eigenvalue weighted by molar-refractivity contribution is 5.90. The average Bonchev–Trinajstić information content (AvgIpc) is 2.91. The molecular weight excluding hydrogens is 264 g/mol. The van der Waals surface area contributed by atoms with Crippen LogP contribution in [0, 0.1) is 5.92 Å². The SMILES string of the molecule is CN1CCC(CN(C)c2nc(NN)nc3ccccc23)C1. The molecule has 1 aliphatic rings. The van der Waals surface area contributed by atoms with Gasteiger partial charge in [0.2, 0.25) is 5.95 Å². The molecule has 0 saturated carbocycles. The number of hydrazine groups is 1. The van der Waals surface area contributed by atoms with Crippen molar-refractivity contribution in [2.24, 2.45) is 11.8 Å². The normalized spacial score (nSPS) is 19.1. The molecule has 1 aromatic heterocycles. The fourth-order valence-electron chi connectivity index (χ4n) is 3.06. The molecule has 0 amide bonds. The third kappa shape index (κ3) is 2.91. The first-order chi connectivity index (χ1) is 10.2. The zero-order valence-electron chi connectivity index (χ0n) is 12.6. The van der Waals surface area contributed by atoms with Gasteiger partial charge in [0.15, 0.2) is 0 Å². The Labute approximate surface area is 124 Å². The van der Waals surface area contributed by atoms with E-state index in [1.807, 2.05) is 18.2 Å². The van der Waals surface area contributed by atoms with Crippen molar-refractivity contribution >= 4 is 22.7 Å². The van der Waals surface area contributed by atoms with Crippen LogP contribution >= 0.6 is 0 Å². The molecule has 21 heavy (non-hydrogen) atoms. The van der Waals surface area contributed by atoms with E-state index in [2.05, 4.69) is 45.4 Å². The van der Waals surface area contributed by atoms with Crippen molar-refractivity contribution in [1.29, 1.82) is 0 Å². The van der Waals surface area contributed by atoms with E-state index in [0.29, 0.717) is 11.9 Å². The van der Waals surface area contributed by atoms with Crippen molar-refractivity contribution in [2.45, 2.75) is 6.42 Å². The van der Waals surface area contributed by atoms with Crippen LogP contribution in [0.1, 0.15) is 6.42 Å². The molecule has 6 nitrogen and oxygen atoms in total. The molecule has 2 aromatic rings. The van der Waals surface area contributed by atoms with Gasteiger partial charge in [-0.25, -0.2) is 10.8 Å². The lowest BCUT2D eigenvalue weighted by atomic mass is 10.1. The third-order valence-electron chi connectivity index (χ3n) is 4.09. The second-order valence-electron chi connectivity index (χ2n) is 5.83. The Morgan fingerprint density at radius 2 is 2.19 bits per heavy atom. The van der Waals surface area contributed by atoms with E-state index in [0.717, 1.165) is 29.8 Å². The van der Waals surface area contributed by atoms with E-state index in [4.69, 9.17) is 5.84 Å². The average molecular weight is 286 g/mol. The molecule has 112 valence electrons. The number of nitrogens with two attached hydrogens (primary N) is 1. The minimum Gasteiger partial charge on any atom is -0.359 e. The number of hydrogen-bond donors (Lipinski definition) is 2. The summed E-state index contributed by atoms with van der Waals surface area (Å²) in [6.07, 6.45) is 1.24. The number of anilines is 2. The molecular formula is C15H22N6. The van der Waals surface area contributed by atoms with Crippen molar-refractivity contribution in [3.63, 3.8) is 0 Å². The van der Waals surface area contributed by atoms with E-state index in [1.165, 1.54) is 13.0 Å². The molecule has 0 radical (unpaired) electrons. The number of nitrogen functional groups attached to an aromatic ring is 1. The molecule has 0 aliphatic carbocycles. The summed E-state index contributed by atoms with van der Waals surface area (Å²) < 4.78 is 0. The van der Waals surface area contributed by atoms with Gasteiger partial charge in [0.05, 0.1) is 5.52 Å². The molecule has 3 N–H and O–H groups in total. The number of para-hydroxylation sites is 1. The minimum absolute atomic E-state index is 0.457. The molecule has 1 aliphatic heterocycles. The summed E-state index contributed by atoms with van der Waals surface area (Å²) in [7, 11) is 4.27. The van der Waals surface area contributed by atoms with Gasteiger partial charge in [0.25, 0.3) is 0 Å². The second kappa shape index (κ2) is 5.83. The lowest BCUT2D eigenvalue weighted by Crippen LogP contribution is -2.28. The van der Waals surface area contributed by atoms with E-state index in [9.17, 15) is 0 Å². The Kier molecular flexibility index (Phi) is 3.90. The predicted octanol–water partition coefficient (Wildman–Crippen LogP) is 1.30. The first-order valence-electron chi connectivity index (χ1n) is 7.30. The number of fused-ring (bicyclic) bond motifs is 1. The summed E-state index contributed by atoms with van der Waals surface area (Å²) in [4.78, 5) is 13.5. The maximum atomic E-state index is 5.49. The number of rotatable bonds is 4. The van der Waals surface area contributed by atoms with Crippen LogP contribution in [-0.2, 0) is 0 Å². The lowest BCUT2D eigenvalue weighted by molar-refractivity contribution is 0.396. The monoisotopic (exact) mass is 286 g/mol. The van der Waals surface area contributed by atoms with Crippen molar-refractivity contribution in [3.05, 3.63) is 24.3 Å². The Hall–Kier alpha value is -1.92. The van der Waals surface area contributed by atoms with Crippen molar-refractivity contribution in [1.82, 2.24) is 14.9 Å². The van der Waals surface area contributed by atoms with Crippen LogP contribution in [0.3, 0.4) is 0 Å². The summed E-state index contributed by atoms with van der Waals surface area (Å²) in [5.41, 5.74) is 3.47. The third-order valence-corrected chi connectivity index (χ3v) is 4.09. The van der Waals surface area contributed by atoms with Gasteiger partial charge < -0.3 is 9.80 Å². The number of nitrogens with one attached hydrogen (secondary N) is 1. The van der Waals surface area contributed by atoms with Crippen LogP contribution in [0.15, 0.2) is 24.3 Å². The van der Waals surface area contributed by atoms with Gasteiger partial charge in [-0.15, -0.1) is 0 Å². The smallest absolute Gasteiger partial charge is 0.239 e. The zero-order valence-corrected chi connectivity index (χ0v) is 12.6. The van der Waals surface area contributed by atoms with Crippen molar-refractivity contribution < 1.29 is 0 Å². The van der Waals surface area contributed by atoms with Gasteiger partial charge in [-0.3, -0.25) is 5.43 Å². The molecule has 1 aromatic carbocycles. The van der Waals surface area contributed by atoms with E-state index < -0.39 is 0 Å². The molecule has 0 bridgehead atoms. The topological polar surface area (TPSA) is 70.3 Å². The van der Waals surface area contributed by atoms with Crippen LogP contribution in [0.4, 0.5) is 11.8 Å². The quantitative estimate of drug-likeness (QED) is 0.652. The summed E-state index contributed by atoms with van der Waals surface area (Å²) in [5, 5.41) is 1.06. The molecule has 3 rings (SSSR count).